The van der Waals surface area contributed by atoms with Crippen LogP contribution in [0.4, 0.5) is 0 Å². The van der Waals surface area contributed by atoms with Crippen LogP contribution < -0.4 is 4.74 Å². The molecule has 1 saturated heterocycles. The minimum absolute atomic E-state index is 0.0281. The van der Waals surface area contributed by atoms with Crippen molar-refractivity contribution in [1.82, 2.24) is 9.88 Å². The van der Waals surface area contributed by atoms with Gasteiger partial charge in [-0.3, -0.25) is 9.59 Å². The summed E-state index contributed by atoms with van der Waals surface area (Å²) in [7, 11) is 0. The Labute approximate surface area is 177 Å². The summed E-state index contributed by atoms with van der Waals surface area (Å²) >= 11 is 0. The summed E-state index contributed by atoms with van der Waals surface area (Å²) in [6, 6.07) is 5.53. The fourth-order valence-corrected chi connectivity index (χ4v) is 5.75. The number of carboxylic acids is 1. The van der Waals surface area contributed by atoms with Crippen LogP contribution in [0.1, 0.15) is 51.5 Å². The summed E-state index contributed by atoms with van der Waals surface area (Å²) in [5, 5.41) is 18.4. The van der Waals surface area contributed by atoms with Crippen LogP contribution in [0.15, 0.2) is 18.3 Å². The fourth-order valence-electron chi connectivity index (χ4n) is 5.75. The maximum Gasteiger partial charge on any atom is 0.306 e. The molecule has 3 unspecified atom stereocenters. The highest BCUT2D eigenvalue weighted by Gasteiger charge is 2.54. The molecule has 1 amide bonds. The van der Waals surface area contributed by atoms with Gasteiger partial charge in [-0.15, -0.1) is 0 Å². The van der Waals surface area contributed by atoms with E-state index in [9.17, 15) is 14.7 Å². The number of nitriles is 1. The van der Waals surface area contributed by atoms with E-state index in [1.807, 2.05) is 24.8 Å². The number of rotatable bonds is 5. The van der Waals surface area contributed by atoms with Gasteiger partial charge >= 0.3 is 5.97 Å². The van der Waals surface area contributed by atoms with Crippen molar-refractivity contribution < 1.29 is 19.4 Å². The maximum atomic E-state index is 13.4. The van der Waals surface area contributed by atoms with Gasteiger partial charge in [-0.2, -0.15) is 5.26 Å². The molecule has 2 heterocycles. The molecule has 3 aliphatic rings. The first-order chi connectivity index (χ1) is 14.3. The molecular formula is C23H29N3O4. The number of likely N-dealkylation sites (tertiary alicyclic amines) is 1. The van der Waals surface area contributed by atoms with Crippen molar-refractivity contribution in [2.24, 2.45) is 29.1 Å². The lowest BCUT2D eigenvalue weighted by molar-refractivity contribution is -0.149. The number of pyridine rings is 1. The lowest BCUT2D eigenvalue weighted by Crippen LogP contribution is -2.53. The molecule has 1 N–H and O–H groups in total. The van der Waals surface area contributed by atoms with Gasteiger partial charge in [0, 0.05) is 30.8 Å². The van der Waals surface area contributed by atoms with Crippen LogP contribution in [0.3, 0.4) is 0 Å². The van der Waals surface area contributed by atoms with Crippen molar-refractivity contribution in [3.05, 3.63) is 23.9 Å². The minimum atomic E-state index is -0.695. The molecule has 3 atom stereocenters. The number of nitrogens with zero attached hydrogens (tertiary/aromatic N) is 3. The van der Waals surface area contributed by atoms with Gasteiger partial charge in [-0.05, 0) is 43.6 Å². The highest BCUT2D eigenvalue weighted by Crippen LogP contribution is 2.49. The predicted molar refractivity (Wildman–Crippen MR) is 108 cm³/mol. The van der Waals surface area contributed by atoms with E-state index in [-0.39, 0.29) is 35.6 Å². The van der Waals surface area contributed by atoms with E-state index in [4.69, 9.17) is 10.00 Å². The monoisotopic (exact) mass is 411 g/mol. The number of amides is 1. The number of carboxylic acid groups (broad SMARTS) is 1. The van der Waals surface area contributed by atoms with Crippen LogP contribution in [0.2, 0.25) is 0 Å². The van der Waals surface area contributed by atoms with Gasteiger partial charge in [-0.1, -0.05) is 20.3 Å². The minimum Gasteiger partial charge on any atom is -0.481 e. The fraction of sp³-hybridized carbons (Fsp3) is 0.652. The third-order valence-electron chi connectivity index (χ3n) is 7.55. The third-order valence-corrected chi connectivity index (χ3v) is 7.55. The standard InChI is InChI=1S/C23H29N3O4/c1-23(2)18(13-30-19-7-6-14(10-24)11-25-19)12-26(22(23)29)20-15-4-3-5-16(20)9-17(8-15)21(27)28/h6-7,11,15-18,20H,3-5,8-9,12-13H2,1-2H3,(H,27,28). The molecule has 1 aromatic heterocycles. The Morgan fingerprint density at radius 3 is 2.60 bits per heavy atom. The van der Waals surface area contributed by atoms with E-state index in [2.05, 4.69) is 4.98 Å². The lowest BCUT2D eigenvalue weighted by Gasteiger charge is -2.49. The van der Waals surface area contributed by atoms with Crippen LogP contribution in [-0.4, -0.2) is 46.1 Å². The van der Waals surface area contributed by atoms with Gasteiger partial charge in [0.15, 0.2) is 0 Å². The van der Waals surface area contributed by atoms with Crippen LogP contribution in [0.25, 0.3) is 0 Å². The largest absolute Gasteiger partial charge is 0.481 e. The highest BCUT2D eigenvalue weighted by molar-refractivity contribution is 5.85. The third kappa shape index (κ3) is 3.64. The molecule has 2 aliphatic carbocycles. The normalized spacial score (nSPS) is 32.5. The zero-order chi connectivity index (χ0) is 21.5. The van der Waals surface area contributed by atoms with Crippen LogP contribution in [0.5, 0.6) is 5.88 Å². The Hall–Kier alpha value is -2.62. The van der Waals surface area contributed by atoms with Crippen LogP contribution >= 0.6 is 0 Å². The molecule has 1 aromatic rings. The number of hydrogen-bond donors (Lipinski definition) is 1. The number of carbonyl (C=O) groups is 2. The van der Waals surface area contributed by atoms with Gasteiger partial charge in [0.05, 0.1) is 23.5 Å². The Balaban J connectivity index is 1.47. The van der Waals surface area contributed by atoms with Gasteiger partial charge in [0.1, 0.15) is 6.07 Å². The zero-order valence-electron chi connectivity index (χ0n) is 17.6. The molecule has 3 fully saturated rings. The average molecular weight is 412 g/mol. The van der Waals surface area contributed by atoms with Crippen molar-refractivity contribution in [3.8, 4) is 11.9 Å². The second-order valence-electron chi connectivity index (χ2n) is 9.63. The molecular weight excluding hydrogens is 382 g/mol. The predicted octanol–water partition coefficient (Wildman–Crippen LogP) is 3.10. The van der Waals surface area contributed by atoms with E-state index >= 15 is 0 Å². The molecule has 1 aliphatic heterocycles. The SMILES string of the molecule is CC1(C)C(=O)N(C2C3CCCC2CC(C(=O)O)C3)CC1COc1ccc(C#N)cn1. The second kappa shape index (κ2) is 7.90. The molecule has 30 heavy (non-hydrogen) atoms. The summed E-state index contributed by atoms with van der Waals surface area (Å²) in [5.41, 5.74) is -0.0572. The number of fused-ring (bicyclic) bond motifs is 2. The van der Waals surface area contributed by atoms with E-state index < -0.39 is 11.4 Å². The first-order valence-corrected chi connectivity index (χ1v) is 10.8. The lowest BCUT2D eigenvalue weighted by atomic mass is 9.64. The zero-order valence-corrected chi connectivity index (χ0v) is 17.6. The molecule has 7 nitrogen and oxygen atoms in total. The molecule has 7 heteroatoms. The Bertz CT molecular complexity index is 846. The van der Waals surface area contributed by atoms with Gasteiger partial charge in [0.25, 0.3) is 0 Å². The van der Waals surface area contributed by atoms with E-state index in [0.717, 1.165) is 19.3 Å². The molecule has 0 radical (unpaired) electrons. The quantitative estimate of drug-likeness (QED) is 0.798. The number of hydrogen-bond acceptors (Lipinski definition) is 5. The summed E-state index contributed by atoms with van der Waals surface area (Å²) in [4.78, 5) is 31.2. The number of aliphatic carboxylic acids is 1. The molecule has 0 spiro atoms. The summed E-state index contributed by atoms with van der Waals surface area (Å²) in [6.45, 7) is 4.98. The summed E-state index contributed by atoms with van der Waals surface area (Å²) in [5.74, 6) is 0.217. The van der Waals surface area contributed by atoms with Crippen LogP contribution in [-0.2, 0) is 9.59 Å². The van der Waals surface area contributed by atoms with Gasteiger partial charge in [-0.25, -0.2) is 4.98 Å². The topological polar surface area (TPSA) is 104 Å². The summed E-state index contributed by atoms with van der Waals surface area (Å²) < 4.78 is 5.87. The smallest absolute Gasteiger partial charge is 0.306 e. The first kappa shape index (κ1) is 20.6. The van der Waals surface area contributed by atoms with Crippen molar-refractivity contribution in [3.63, 3.8) is 0 Å². The van der Waals surface area contributed by atoms with Gasteiger partial charge < -0.3 is 14.7 Å². The molecule has 2 bridgehead atoms. The molecule has 160 valence electrons. The second-order valence-corrected chi connectivity index (χ2v) is 9.63. The molecule has 4 rings (SSSR count). The molecule has 0 aromatic carbocycles. The van der Waals surface area contributed by atoms with Crippen LogP contribution in [0, 0.1) is 40.4 Å². The van der Waals surface area contributed by atoms with Crippen molar-refractivity contribution in [2.75, 3.05) is 13.2 Å². The van der Waals surface area contributed by atoms with E-state index in [0.29, 0.717) is 37.4 Å². The first-order valence-electron chi connectivity index (χ1n) is 10.8. The average Bonchev–Trinajstić information content (AvgIpc) is 2.94. The maximum absolute atomic E-state index is 13.4. The number of ether oxygens (including phenoxy) is 1. The van der Waals surface area contributed by atoms with Crippen molar-refractivity contribution >= 4 is 11.9 Å². The summed E-state index contributed by atoms with van der Waals surface area (Å²) in [6.07, 6.45) is 5.97. The van der Waals surface area contributed by atoms with E-state index in [1.54, 1.807) is 12.1 Å². The van der Waals surface area contributed by atoms with E-state index in [1.165, 1.54) is 6.20 Å². The van der Waals surface area contributed by atoms with Gasteiger partial charge in [0.2, 0.25) is 11.8 Å². The van der Waals surface area contributed by atoms with Crippen molar-refractivity contribution in [1.29, 1.82) is 5.26 Å². The Morgan fingerprint density at radius 2 is 2.03 bits per heavy atom. The van der Waals surface area contributed by atoms with Crippen molar-refractivity contribution in [2.45, 2.75) is 52.0 Å². The Kier molecular flexibility index (Phi) is 5.44. The number of carbonyl (C=O) groups excluding carboxylic acids is 1. The highest BCUT2D eigenvalue weighted by atomic mass is 16.5. The Morgan fingerprint density at radius 1 is 1.33 bits per heavy atom. The number of aromatic nitrogens is 1. The molecule has 2 saturated carbocycles.